The van der Waals surface area contributed by atoms with Crippen molar-refractivity contribution >= 4 is 17.7 Å². The van der Waals surface area contributed by atoms with Crippen LogP contribution in [0.4, 0.5) is 10.5 Å². The van der Waals surface area contributed by atoms with E-state index in [1.807, 2.05) is 6.92 Å². The summed E-state index contributed by atoms with van der Waals surface area (Å²) in [5.74, 6) is -0.728. The topological polar surface area (TPSA) is 102 Å². The average molecular weight is 289 g/mol. The zero-order valence-corrected chi connectivity index (χ0v) is 11.9. The Labute approximate surface area is 123 Å². The number of carboxylic acids is 1. The second-order valence-corrected chi connectivity index (χ2v) is 4.90. The van der Waals surface area contributed by atoms with Crippen LogP contribution >= 0.6 is 0 Å². The standard InChI is InChI=1S/C15H19N3O3/c1-11(2-7-14(19)20)10-17-15(21)18-13-5-3-12(4-6-13)8-9-16/h3-6,11H,2,7-8,10H2,1H3,(H,19,20)(H2,17,18,21). The van der Waals surface area contributed by atoms with Crippen LogP contribution in [0.25, 0.3) is 0 Å². The molecule has 0 saturated heterocycles. The summed E-state index contributed by atoms with van der Waals surface area (Å²) >= 11 is 0. The maximum atomic E-state index is 11.7. The number of amides is 2. The van der Waals surface area contributed by atoms with Gasteiger partial charge in [-0.3, -0.25) is 4.79 Å². The first kappa shape index (κ1) is 16.5. The van der Waals surface area contributed by atoms with Crippen molar-refractivity contribution in [3.8, 4) is 6.07 Å². The predicted octanol–water partition coefficient (Wildman–Crippen LogP) is 2.38. The van der Waals surface area contributed by atoms with Gasteiger partial charge in [-0.15, -0.1) is 0 Å². The molecular formula is C15H19N3O3. The minimum atomic E-state index is -0.830. The number of nitriles is 1. The Balaban J connectivity index is 2.33. The lowest BCUT2D eigenvalue weighted by Gasteiger charge is -2.12. The average Bonchev–Trinajstić information content (AvgIpc) is 2.45. The van der Waals surface area contributed by atoms with Crippen LogP contribution in [-0.4, -0.2) is 23.7 Å². The summed E-state index contributed by atoms with van der Waals surface area (Å²) in [5, 5.41) is 22.5. The molecule has 1 unspecified atom stereocenters. The molecule has 1 aromatic carbocycles. The second kappa shape index (κ2) is 8.59. The smallest absolute Gasteiger partial charge is 0.319 e. The number of benzene rings is 1. The van der Waals surface area contributed by atoms with Gasteiger partial charge in [0.05, 0.1) is 12.5 Å². The van der Waals surface area contributed by atoms with Crippen molar-refractivity contribution in [3.05, 3.63) is 29.8 Å². The van der Waals surface area contributed by atoms with Gasteiger partial charge in [0.1, 0.15) is 0 Å². The second-order valence-electron chi connectivity index (χ2n) is 4.90. The van der Waals surface area contributed by atoms with Crippen LogP contribution in [0.2, 0.25) is 0 Å². The van der Waals surface area contributed by atoms with E-state index in [9.17, 15) is 9.59 Å². The number of carbonyl (C=O) groups is 2. The maximum Gasteiger partial charge on any atom is 0.319 e. The zero-order valence-electron chi connectivity index (χ0n) is 11.9. The molecule has 0 bridgehead atoms. The predicted molar refractivity (Wildman–Crippen MR) is 78.8 cm³/mol. The molecule has 0 radical (unpaired) electrons. The van der Waals surface area contributed by atoms with Gasteiger partial charge in [-0.1, -0.05) is 19.1 Å². The molecule has 0 aromatic heterocycles. The summed E-state index contributed by atoms with van der Waals surface area (Å²) in [5.41, 5.74) is 1.54. The van der Waals surface area contributed by atoms with Crippen molar-refractivity contribution in [2.45, 2.75) is 26.2 Å². The minimum Gasteiger partial charge on any atom is -0.481 e. The molecule has 0 aliphatic rings. The van der Waals surface area contributed by atoms with E-state index in [-0.39, 0.29) is 18.4 Å². The van der Waals surface area contributed by atoms with Crippen LogP contribution in [0.5, 0.6) is 0 Å². The molecule has 0 aliphatic carbocycles. The van der Waals surface area contributed by atoms with Crippen molar-refractivity contribution in [2.75, 3.05) is 11.9 Å². The fourth-order valence-corrected chi connectivity index (χ4v) is 1.71. The van der Waals surface area contributed by atoms with E-state index >= 15 is 0 Å². The number of hydrogen-bond donors (Lipinski definition) is 3. The van der Waals surface area contributed by atoms with E-state index in [2.05, 4.69) is 16.7 Å². The number of urea groups is 1. The lowest BCUT2D eigenvalue weighted by molar-refractivity contribution is -0.137. The third-order valence-electron chi connectivity index (χ3n) is 2.96. The number of hydrogen-bond acceptors (Lipinski definition) is 3. The quantitative estimate of drug-likeness (QED) is 0.717. The molecule has 3 N–H and O–H groups in total. The number of anilines is 1. The molecule has 6 nitrogen and oxygen atoms in total. The minimum absolute atomic E-state index is 0.102. The van der Waals surface area contributed by atoms with Gasteiger partial charge >= 0.3 is 12.0 Å². The first-order chi connectivity index (χ1) is 10.0. The summed E-state index contributed by atoms with van der Waals surface area (Å²) in [4.78, 5) is 22.1. The zero-order chi connectivity index (χ0) is 15.7. The molecule has 1 rings (SSSR count). The number of nitrogens with one attached hydrogen (secondary N) is 2. The molecule has 0 spiro atoms. The van der Waals surface area contributed by atoms with E-state index in [1.54, 1.807) is 24.3 Å². The van der Waals surface area contributed by atoms with Crippen molar-refractivity contribution in [1.82, 2.24) is 5.32 Å². The highest BCUT2D eigenvalue weighted by molar-refractivity contribution is 5.89. The normalized spacial score (nSPS) is 11.2. The summed E-state index contributed by atoms with van der Waals surface area (Å²) in [6.45, 7) is 2.31. The lowest BCUT2D eigenvalue weighted by atomic mass is 10.1. The third kappa shape index (κ3) is 6.97. The molecule has 1 atom stereocenters. The van der Waals surface area contributed by atoms with E-state index in [0.717, 1.165) is 5.56 Å². The van der Waals surface area contributed by atoms with Crippen molar-refractivity contribution in [1.29, 1.82) is 5.26 Å². The number of carboxylic acid groups (broad SMARTS) is 1. The number of aliphatic carboxylic acids is 1. The first-order valence-corrected chi connectivity index (χ1v) is 6.73. The fraction of sp³-hybridized carbons (Fsp3) is 0.400. The third-order valence-corrected chi connectivity index (χ3v) is 2.96. The highest BCUT2D eigenvalue weighted by Crippen LogP contribution is 2.10. The monoisotopic (exact) mass is 289 g/mol. The van der Waals surface area contributed by atoms with Crippen molar-refractivity contribution in [3.63, 3.8) is 0 Å². The van der Waals surface area contributed by atoms with Crippen LogP contribution in [-0.2, 0) is 11.2 Å². The lowest BCUT2D eigenvalue weighted by Crippen LogP contribution is -2.32. The van der Waals surface area contributed by atoms with Gasteiger partial charge in [0.2, 0.25) is 0 Å². The van der Waals surface area contributed by atoms with Crippen LogP contribution in [0.1, 0.15) is 25.3 Å². The molecule has 0 heterocycles. The number of rotatable bonds is 7. The van der Waals surface area contributed by atoms with Gasteiger partial charge in [0.15, 0.2) is 0 Å². The molecular weight excluding hydrogens is 270 g/mol. The van der Waals surface area contributed by atoms with Gasteiger partial charge in [0.25, 0.3) is 0 Å². The molecule has 1 aromatic rings. The van der Waals surface area contributed by atoms with Crippen LogP contribution in [0.3, 0.4) is 0 Å². The molecule has 0 aliphatic heterocycles. The van der Waals surface area contributed by atoms with Crippen LogP contribution in [0, 0.1) is 17.2 Å². The largest absolute Gasteiger partial charge is 0.481 e. The maximum absolute atomic E-state index is 11.7. The highest BCUT2D eigenvalue weighted by atomic mass is 16.4. The van der Waals surface area contributed by atoms with Crippen LogP contribution < -0.4 is 10.6 Å². The Hall–Kier alpha value is -2.55. The SMILES string of the molecule is CC(CCC(=O)O)CNC(=O)Nc1ccc(CC#N)cc1. The number of carbonyl (C=O) groups excluding carboxylic acids is 1. The van der Waals surface area contributed by atoms with Gasteiger partial charge in [-0.05, 0) is 30.0 Å². The van der Waals surface area contributed by atoms with E-state index in [0.29, 0.717) is 25.1 Å². The van der Waals surface area contributed by atoms with E-state index < -0.39 is 5.97 Å². The van der Waals surface area contributed by atoms with Crippen molar-refractivity contribution < 1.29 is 14.7 Å². The molecule has 21 heavy (non-hydrogen) atoms. The molecule has 0 fully saturated rings. The van der Waals surface area contributed by atoms with Crippen molar-refractivity contribution in [2.24, 2.45) is 5.92 Å². The summed E-state index contributed by atoms with van der Waals surface area (Å²) in [7, 11) is 0. The van der Waals surface area contributed by atoms with Gasteiger partial charge in [-0.2, -0.15) is 5.26 Å². The Morgan fingerprint density at radius 2 is 2.00 bits per heavy atom. The Bertz CT molecular complexity index is 520. The summed E-state index contributed by atoms with van der Waals surface area (Å²) in [6.07, 6.45) is 0.969. The first-order valence-electron chi connectivity index (χ1n) is 6.73. The molecule has 2 amide bonds. The van der Waals surface area contributed by atoms with Gasteiger partial charge < -0.3 is 15.7 Å². The fourth-order valence-electron chi connectivity index (χ4n) is 1.71. The number of nitrogens with zero attached hydrogens (tertiary/aromatic N) is 1. The highest BCUT2D eigenvalue weighted by Gasteiger charge is 2.08. The summed E-state index contributed by atoms with van der Waals surface area (Å²) in [6, 6.07) is 8.77. The molecule has 112 valence electrons. The summed E-state index contributed by atoms with van der Waals surface area (Å²) < 4.78 is 0. The van der Waals surface area contributed by atoms with Gasteiger partial charge in [0, 0.05) is 18.7 Å². The van der Waals surface area contributed by atoms with Crippen LogP contribution in [0.15, 0.2) is 24.3 Å². The molecule has 0 saturated carbocycles. The Morgan fingerprint density at radius 1 is 1.33 bits per heavy atom. The van der Waals surface area contributed by atoms with Gasteiger partial charge in [-0.25, -0.2) is 4.79 Å². The van der Waals surface area contributed by atoms with E-state index in [1.165, 1.54) is 0 Å². The molecule has 6 heteroatoms. The van der Waals surface area contributed by atoms with E-state index in [4.69, 9.17) is 10.4 Å². The Kier molecular flexibility index (Phi) is 6.75. The Morgan fingerprint density at radius 3 is 2.57 bits per heavy atom.